The van der Waals surface area contributed by atoms with Crippen molar-refractivity contribution in [2.45, 2.75) is 25.9 Å². The van der Waals surface area contributed by atoms with E-state index in [1.165, 1.54) is 31.8 Å². The van der Waals surface area contributed by atoms with Crippen molar-refractivity contribution >= 4 is 17.3 Å². The lowest BCUT2D eigenvalue weighted by atomic mass is 9.93. The Hall–Kier alpha value is -4.19. The van der Waals surface area contributed by atoms with Gasteiger partial charge >= 0.3 is 6.55 Å². The first-order valence-corrected chi connectivity index (χ1v) is 12.1. The van der Waals surface area contributed by atoms with Gasteiger partial charge in [-0.05, 0) is 30.5 Å². The van der Waals surface area contributed by atoms with Crippen LogP contribution in [0.2, 0.25) is 0 Å². The number of hydrogen-bond donors (Lipinski definition) is 2. The number of alkyl halides is 2. The van der Waals surface area contributed by atoms with Gasteiger partial charge in [-0.15, -0.1) is 0 Å². The fraction of sp³-hybridized carbons (Fsp3) is 0.308. The lowest BCUT2D eigenvalue weighted by Gasteiger charge is -2.37. The van der Waals surface area contributed by atoms with E-state index in [0.717, 1.165) is 12.1 Å². The van der Waals surface area contributed by atoms with Crippen LogP contribution in [-0.4, -0.2) is 51.0 Å². The highest BCUT2D eigenvalue weighted by atomic mass is 19.3. The lowest BCUT2D eigenvalue weighted by Crippen LogP contribution is -2.46. The van der Waals surface area contributed by atoms with Crippen molar-refractivity contribution in [3.8, 4) is 28.3 Å². The zero-order chi connectivity index (χ0) is 26.8. The van der Waals surface area contributed by atoms with Crippen molar-refractivity contribution in [3.63, 3.8) is 0 Å². The van der Waals surface area contributed by atoms with Gasteiger partial charge in [-0.25, -0.2) is 24.0 Å². The van der Waals surface area contributed by atoms with Gasteiger partial charge in [0, 0.05) is 60.6 Å². The van der Waals surface area contributed by atoms with Crippen molar-refractivity contribution in [1.29, 1.82) is 0 Å². The molecule has 1 aliphatic heterocycles. The Morgan fingerprint density at radius 2 is 2.00 bits per heavy atom. The molecule has 0 amide bonds. The molecule has 38 heavy (non-hydrogen) atoms. The molecule has 2 atom stereocenters. The van der Waals surface area contributed by atoms with Crippen molar-refractivity contribution in [3.05, 3.63) is 60.9 Å². The summed E-state index contributed by atoms with van der Waals surface area (Å²) in [7, 11) is 1.45. The number of nitrogens with zero attached hydrogens (tertiary/aromatic N) is 6. The number of piperidine rings is 1. The van der Waals surface area contributed by atoms with Gasteiger partial charge in [-0.2, -0.15) is 13.9 Å². The molecule has 0 bridgehead atoms. The minimum Gasteiger partial charge on any atom is -0.496 e. The quantitative estimate of drug-likeness (QED) is 0.353. The zero-order valence-electron chi connectivity index (χ0n) is 20.9. The van der Waals surface area contributed by atoms with Crippen LogP contribution in [0.25, 0.3) is 22.5 Å². The van der Waals surface area contributed by atoms with Crippen LogP contribution in [-0.2, 0) is 0 Å². The number of halogens is 3. The summed E-state index contributed by atoms with van der Waals surface area (Å²) < 4.78 is 46.9. The van der Waals surface area contributed by atoms with E-state index in [-0.39, 0.29) is 23.3 Å². The average Bonchev–Trinajstić information content (AvgIpc) is 3.41. The second-order valence-corrected chi connectivity index (χ2v) is 9.16. The van der Waals surface area contributed by atoms with Gasteiger partial charge in [0.1, 0.15) is 23.2 Å². The van der Waals surface area contributed by atoms with Gasteiger partial charge < -0.3 is 20.7 Å². The molecule has 198 valence electrons. The predicted octanol–water partition coefficient (Wildman–Crippen LogP) is 4.86. The largest absolute Gasteiger partial charge is 0.496 e. The first-order valence-electron chi connectivity index (χ1n) is 12.1. The average molecular weight is 525 g/mol. The maximum atomic E-state index is 14.6. The minimum atomic E-state index is -2.74. The number of pyridine rings is 1. The number of aromatic nitrogens is 5. The van der Waals surface area contributed by atoms with E-state index in [1.807, 2.05) is 6.07 Å². The van der Waals surface area contributed by atoms with Gasteiger partial charge in [0.2, 0.25) is 0 Å². The molecule has 0 spiro atoms. The van der Waals surface area contributed by atoms with Crippen molar-refractivity contribution in [2.24, 2.45) is 11.7 Å². The van der Waals surface area contributed by atoms with E-state index < -0.39 is 12.4 Å². The van der Waals surface area contributed by atoms with E-state index in [1.54, 1.807) is 24.4 Å². The number of benzene rings is 1. The number of hydrogen-bond acceptors (Lipinski definition) is 8. The molecule has 12 heteroatoms. The number of nitrogens with two attached hydrogens (primary N) is 1. The summed E-state index contributed by atoms with van der Waals surface area (Å²) in [5.74, 6) is 1.07. The van der Waals surface area contributed by atoms with Crippen LogP contribution in [0.1, 0.15) is 19.9 Å². The Balaban J connectivity index is 1.50. The van der Waals surface area contributed by atoms with E-state index in [0.29, 0.717) is 46.3 Å². The van der Waals surface area contributed by atoms with Gasteiger partial charge in [0.15, 0.2) is 5.82 Å². The molecule has 1 saturated heterocycles. The standard InChI is InChI=1S/C26H27F3N8O/c1-15-13-36(9-7-19(15)30)20-10-23(32-12-17(20)16-11-33-37(14-16)26(28)29)34-22-6-8-31-25(35-22)24-18(27)4-3-5-21(24)38-2/h3-6,8,10-12,14-15,19,26H,7,9,13,30H2,1-2H3,(H,31,32,34,35)/t15-,19+/m1/s1. The number of methoxy groups -OCH3 is 1. The number of anilines is 3. The third kappa shape index (κ3) is 5.12. The maximum Gasteiger partial charge on any atom is 0.333 e. The molecular weight excluding hydrogens is 497 g/mol. The molecule has 0 unspecified atom stereocenters. The van der Waals surface area contributed by atoms with Crippen LogP contribution in [0.15, 0.2) is 55.1 Å². The van der Waals surface area contributed by atoms with Gasteiger partial charge in [-0.3, -0.25) is 0 Å². The Morgan fingerprint density at radius 3 is 2.74 bits per heavy atom. The fourth-order valence-electron chi connectivity index (χ4n) is 4.53. The topological polar surface area (TPSA) is 107 Å². The molecular formula is C26H27F3N8O. The molecule has 3 N–H and O–H groups in total. The van der Waals surface area contributed by atoms with Crippen LogP contribution in [0.3, 0.4) is 0 Å². The van der Waals surface area contributed by atoms with Crippen LogP contribution in [0.5, 0.6) is 5.75 Å². The SMILES string of the molecule is COc1cccc(F)c1-c1nccc(Nc2cc(N3CC[C@H](N)[C@H](C)C3)c(-c3cnn(C(F)F)c3)cn2)n1. The van der Waals surface area contributed by atoms with E-state index in [9.17, 15) is 13.2 Å². The highest BCUT2D eigenvalue weighted by Gasteiger charge is 2.26. The fourth-order valence-corrected chi connectivity index (χ4v) is 4.53. The summed E-state index contributed by atoms with van der Waals surface area (Å²) in [6, 6.07) is 8.06. The summed E-state index contributed by atoms with van der Waals surface area (Å²) in [6.45, 7) is 0.751. The van der Waals surface area contributed by atoms with Crippen LogP contribution >= 0.6 is 0 Å². The predicted molar refractivity (Wildman–Crippen MR) is 138 cm³/mol. The third-order valence-corrected chi connectivity index (χ3v) is 6.64. The highest BCUT2D eigenvalue weighted by molar-refractivity contribution is 5.80. The molecule has 4 heterocycles. The number of nitrogens with one attached hydrogen (secondary N) is 1. The van der Waals surface area contributed by atoms with Gasteiger partial charge in [0.25, 0.3) is 0 Å². The third-order valence-electron chi connectivity index (χ3n) is 6.64. The Bertz CT molecular complexity index is 1430. The van der Waals surface area contributed by atoms with Crippen LogP contribution < -0.4 is 20.7 Å². The molecule has 0 radical (unpaired) electrons. The summed E-state index contributed by atoms with van der Waals surface area (Å²) in [5, 5.41) is 6.94. The molecule has 3 aromatic heterocycles. The molecule has 1 aromatic carbocycles. The van der Waals surface area contributed by atoms with Gasteiger partial charge in [-0.1, -0.05) is 13.0 Å². The molecule has 0 aliphatic carbocycles. The Morgan fingerprint density at radius 1 is 1.16 bits per heavy atom. The van der Waals surface area contributed by atoms with Crippen LogP contribution in [0.4, 0.5) is 30.5 Å². The van der Waals surface area contributed by atoms with Crippen molar-refractivity contribution in [2.75, 3.05) is 30.4 Å². The first kappa shape index (κ1) is 25.5. The van der Waals surface area contributed by atoms with E-state index in [2.05, 4.69) is 37.2 Å². The van der Waals surface area contributed by atoms with Crippen molar-refractivity contribution in [1.82, 2.24) is 24.7 Å². The normalized spacial score (nSPS) is 17.6. The molecule has 4 aromatic rings. The van der Waals surface area contributed by atoms with E-state index in [4.69, 9.17) is 10.5 Å². The van der Waals surface area contributed by atoms with Crippen molar-refractivity contribution < 1.29 is 17.9 Å². The maximum absolute atomic E-state index is 14.6. The summed E-state index contributed by atoms with van der Waals surface area (Å²) in [4.78, 5) is 15.4. The highest BCUT2D eigenvalue weighted by Crippen LogP contribution is 2.36. The molecule has 0 saturated carbocycles. The molecule has 1 aliphatic rings. The number of ether oxygens (including phenoxy) is 1. The Kier molecular flexibility index (Phi) is 7.14. The summed E-state index contributed by atoms with van der Waals surface area (Å²) >= 11 is 0. The monoisotopic (exact) mass is 524 g/mol. The second-order valence-electron chi connectivity index (χ2n) is 9.16. The molecule has 1 fully saturated rings. The smallest absolute Gasteiger partial charge is 0.333 e. The van der Waals surface area contributed by atoms with Gasteiger partial charge in [0.05, 0.1) is 18.9 Å². The number of rotatable bonds is 7. The zero-order valence-corrected chi connectivity index (χ0v) is 20.9. The Labute approximate surface area is 217 Å². The van der Waals surface area contributed by atoms with Crippen LogP contribution in [0, 0.1) is 11.7 Å². The summed E-state index contributed by atoms with van der Waals surface area (Å²) in [6.07, 6.45) is 6.62. The first-order chi connectivity index (χ1) is 18.3. The molecule has 9 nitrogen and oxygen atoms in total. The molecule has 5 rings (SSSR count). The second kappa shape index (κ2) is 10.7. The van der Waals surface area contributed by atoms with E-state index >= 15 is 0 Å². The summed E-state index contributed by atoms with van der Waals surface area (Å²) in [5.41, 5.74) is 8.38. The lowest BCUT2D eigenvalue weighted by molar-refractivity contribution is 0.0566. The minimum absolute atomic E-state index is 0.0885.